The van der Waals surface area contributed by atoms with Crippen LogP contribution in [-0.4, -0.2) is 19.1 Å². The number of hydrogen-bond acceptors (Lipinski definition) is 3. The summed E-state index contributed by atoms with van der Waals surface area (Å²) in [7, 11) is 1.66. The molecular formula is C15H20N2O2. The molecule has 2 N–H and O–H groups in total. The third-order valence-electron chi connectivity index (χ3n) is 3.42. The molecule has 0 radical (unpaired) electrons. The van der Waals surface area contributed by atoms with E-state index in [-0.39, 0.29) is 17.9 Å². The fourth-order valence-electron chi connectivity index (χ4n) is 2.41. The van der Waals surface area contributed by atoms with E-state index >= 15 is 0 Å². The van der Waals surface area contributed by atoms with Gasteiger partial charge in [0.15, 0.2) is 0 Å². The highest BCUT2D eigenvalue weighted by Gasteiger charge is 2.26. The van der Waals surface area contributed by atoms with Crippen LogP contribution in [0.1, 0.15) is 25.8 Å². The Balaban J connectivity index is 2.15. The molecule has 1 saturated heterocycles. The van der Waals surface area contributed by atoms with Crippen molar-refractivity contribution in [2.75, 3.05) is 7.11 Å². The maximum atomic E-state index is 11.3. The maximum absolute atomic E-state index is 11.3. The first kappa shape index (κ1) is 13.6. The molecule has 1 heterocycles. The average molecular weight is 260 g/mol. The highest BCUT2D eigenvalue weighted by atomic mass is 16.5. The number of ether oxygens (including phenoxy) is 1. The molecule has 4 heteroatoms. The molecule has 0 spiro atoms. The fourth-order valence-corrected chi connectivity index (χ4v) is 2.41. The van der Waals surface area contributed by atoms with Crippen LogP contribution in [0.5, 0.6) is 5.75 Å². The summed E-state index contributed by atoms with van der Waals surface area (Å²) in [6.07, 6.45) is 2.68. The van der Waals surface area contributed by atoms with Crippen LogP contribution >= 0.6 is 0 Å². The van der Waals surface area contributed by atoms with Gasteiger partial charge < -0.3 is 4.74 Å². The minimum atomic E-state index is 0.0536. The van der Waals surface area contributed by atoms with Gasteiger partial charge in [-0.3, -0.25) is 10.2 Å². The van der Waals surface area contributed by atoms with Gasteiger partial charge in [-0.1, -0.05) is 30.7 Å². The van der Waals surface area contributed by atoms with Gasteiger partial charge >= 0.3 is 0 Å². The number of carbonyl (C=O) groups excluding carboxylic acids is 1. The second-order valence-electron chi connectivity index (χ2n) is 5.02. The number of hydrogen-bond donors (Lipinski definition) is 2. The maximum Gasteiger partial charge on any atom is 0.234 e. The van der Waals surface area contributed by atoms with E-state index in [2.05, 4.69) is 30.8 Å². The van der Waals surface area contributed by atoms with Crippen LogP contribution in [0.25, 0.3) is 6.08 Å². The van der Waals surface area contributed by atoms with Crippen LogP contribution in [-0.2, 0) is 4.79 Å². The zero-order valence-electron chi connectivity index (χ0n) is 11.6. The van der Waals surface area contributed by atoms with Gasteiger partial charge in [-0.25, -0.2) is 5.43 Å². The van der Waals surface area contributed by atoms with E-state index in [1.54, 1.807) is 7.11 Å². The van der Waals surface area contributed by atoms with Crippen molar-refractivity contribution in [2.24, 2.45) is 5.92 Å². The van der Waals surface area contributed by atoms with E-state index in [1.165, 1.54) is 5.57 Å². The Morgan fingerprint density at radius 1 is 1.47 bits per heavy atom. The third kappa shape index (κ3) is 3.35. The molecule has 2 atom stereocenters. The lowest BCUT2D eigenvalue weighted by molar-refractivity contribution is -0.125. The topological polar surface area (TPSA) is 50.4 Å². The molecule has 2 rings (SSSR count). The van der Waals surface area contributed by atoms with Gasteiger partial charge in [0.25, 0.3) is 0 Å². The molecule has 0 bridgehead atoms. The second-order valence-corrected chi connectivity index (χ2v) is 5.02. The predicted molar refractivity (Wildman–Crippen MR) is 75.5 cm³/mol. The Labute approximate surface area is 113 Å². The molecule has 19 heavy (non-hydrogen) atoms. The first-order valence-corrected chi connectivity index (χ1v) is 6.47. The van der Waals surface area contributed by atoms with Crippen molar-refractivity contribution < 1.29 is 9.53 Å². The SMILES string of the molecule is COc1cccc(/C=C(\C)C2NNC(=O)CC2C)c1. The largest absolute Gasteiger partial charge is 0.497 e. The van der Waals surface area contributed by atoms with Crippen LogP contribution < -0.4 is 15.6 Å². The monoisotopic (exact) mass is 260 g/mol. The second kappa shape index (κ2) is 5.89. The van der Waals surface area contributed by atoms with Crippen molar-refractivity contribution in [1.29, 1.82) is 0 Å². The minimum Gasteiger partial charge on any atom is -0.497 e. The van der Waals surface area contributed by atoms with E-state index in [9.17, 15) is 4.79 Å². The summed E-state index contributed by atoms with van der Waals surface area (Å²) < 4.78 is 5.22. The van der Waals surface area contributed by atoms with Crippen molar-refractivity contribution in [3.8, 4) is 5.75 Å². The number of rotatable bonds is 3. The first-order valence-electron chi connectivity index (χ1n) is 6.47. The minimum absolute atomic E-state index is 0.0536. The quantitative estimate of drug-likeness (QED) is 0.875. The number of carbonyl (C=O) groups is 1. The molecule has 1 aromatic carbocycles. The summed E-state index contributed by atoms with van der Waals surface area (Å²) >= 11 is 0. The molecule has 1 fully saturated rings. The number of benzene rings is 1. The lowest BCUT2D eigenvalue weighted by Crippen LogP contribution is -2.53. The van der Waals surface area contributed by atoms with Gasteiger partial charge in [0, 0.05) is 6.42 Å². The molecule has 1 amide bonds. The van der Waals surface area contributed by atoms with E-state index < -0.39 is 0 Å². The van der Waals surface area contributed by atoms with Gasteiger partial charge in [-0.15, -0.1) is 0 Å². The van der Waals surface area contributed by atoms with Crippen LogP contribution in [0.3, 0.4) is 0 Å². The summed E-state index contributed by atoms with van der Waals surface area (Å²) in [6, 6.07) is 8.10. The molecular weight excluding hydrogens is 240 g/mol. The molecule has 4 nitrogen and oxygen atoms in total. The van der Waals surface area contributed by atoms with E-state index in [1.807, 2.05) is 24.3 Å². The van der Waals surface area contributed by atoms with Gasteiger partial charge in [0.05, 0.1) is 13.2 Å². The van der Waals surface area contributed by atoms with Crippen molar-refractivity contribution in [3.05, 3.63) is 35.4 Å². The summed E-state index contributed by atoms with van der Waals surface area (Å²) in [4.78, 5) is 11.3. The lowest BCUT2D eigenvalue weighted by atomic mass is 9.90. The number of methoxy groups -OCH3 is 1. The molecule has 0 aliphatic carbocycles. The number of nitrogens with one attached hydrogen (secondary N) is 2. The van der Waals surface area contributed by atoms with E-state index in [0.29, 0.717) is 6.42 Å². The average Bonchev–Trinajstić information content (AvgIpc) is 2.38. The Bertz CT molecular complexity index is 497. The van der Waals surface area contributed by atoms with E-state index in [4.69, 9.17) is 4.74 Å². The molecule has 1 aliphatic heterocycles. The van der Waals surface area contributed by atoms with Crippen LogP contribution in [0.4, 0.5) is 0 Å². The molecule has 1 aromatic rings. The molecule has 0 aromatic heterocycles. The Hall–Kier alpha value is -1.81. The fraction of sp³-hybridized carbons (Fsp3) is 0.400. The van der Waals surface area contributed by atoms with Crippen LogP contribution in [0.2, 0.25) is 0 Å². The Morgan fingerprint density at radius 3 is 2.95 bits per heavy atom. The van der Waals surface area contributed by atoms with Gasteiger partial charge in [-0.05, 0) is 30.5 Å². The zero-order valence-corrected chi connectivity index (χ0v) is 11.6. The lowest BCUT2D eigenvalue weighted by Gasteiger charge is -2.30. The van der Waals surface area contributed by atoms with Crippen molar-refractivity contribution >= 4 is 12.0 Å². The highest BCUT2D eigenvalue weighted by Crippen LogP contribution is 2.21. The smallest absolute Gasteiger partial charge is 0.234 e. The number of hydrazine groups is 1. The molecule has 1 aliphatic rings. The Kier molecular flexibility index (Phi) is 4.22. The number of amides is 1. The van der Waals surface area contributed by atoms with Crippen LogP contribution in [0.15, 0.2) is 29.8 Å². The summed E-state index contributed by atoms with van der Waals surface area (Å²) in [5.74, 6) is 1.19. The zero-order chi connectivity index (χ0) is 13.8. The first-order chi connectivity index (χ1) is 9.10. The highest BCUT2D eigenvalue weighted by molar-refractivity contribution is 5.76. The van der Waals surface area contributed by atoms with Crippen LogP contribution in [0, 0.1) is 5.92 Å². The molecule has 102 valence electrons. The summed E-state index contributed by atoms with van der Waals surface area (Å²) in [5.41, 5.74) is 8.06. The van der Waals surface area contributed by atoms with Gasteiger partial charge in [0.2, 0.25) is 5.91 Å². The third-order valence-corrected chi connectivity index (χ3v) is 3.42. The van der Waals surface area contributed by atoms with Gasteiger partial charge in [0.1, 0.15) is 5.75 Å². The normalized spacial score (nSPS) is 23.9. The molecule has 0 saturated carbocycles. The van der Waals surface area contributed by atoms with Gasteiger partial charge in [-0.2, -0.15) is 0 Å². The van der Waals surface area contributed by atoms with E-state index in [0.717, 1.165) is 11.3 Å². The van der Waals surface area contributed by atoms with Crippen molar-refractivity contribution in [3.63, 3.8) is 0 Å². The predicted octanol–water partition coefficient (Wildman–Crippen LogP) is 2.13. The van der Waals surface area contributed by atoms with Crippen molar-refractivity contribution in [1.82, 2.24) is 10.9 Å². The Morgan fingerprint density at radius 2 is 2.26 bits per heavy atom. The molecule has 2 unspecified atom stereocenters. The summed E-state index contributed by atoms with van der Waals surface area (Å²) in [5, 5.41) is 0. The standard InChI is InChI=1S/C15H20N2O2/c1-10(15-11(2)8-14(18)16-17-15)7-12-5-4-6-13(9-12)19-3/h4-7,9,11,15,17H,8H2,1-3H3,(H,16,18)/b10-7+. The summed E-state index contributed by atoms with van der Waals surface area (Å²) in [6.45, 7) is 4.16. The van der Waals surface area contributed by atoms with Crippen molar-refractivity contribution in [2.45, 2.75) is 26.3 Å².